The van der Waals surface area contributed by atoms with Gasteiger partial charge in [0, 0.05) is 31.1 Å². The molecule has 0 bridgehead atoms. The number of nitrogens with zero attached hydrogens (tertiary/aromatic N) is 2. The number of benzene rings is 1. The molecule has 0 aliphatic rings. The zero-order chi connectivity index (χ0) is 20.6. The van der Waals surface area contributed by atoms with E-state index < -0.39 is 11.9 Å². The van der Waals surface area contributed by atoms with Crippen LogP contribution in [0.15, 0.2) is 34.6 Å². The summed E-state index contributed by atoms with van der Waals surface area (Å²) < 4.78 is 37.7. The van der Waals surface area contributed by atoms with Gasteiger partial charge in [0.15, 0.2) is 11.7 Å². The molecule has 1 heterocycles. The van der Waals surface area contributed by atoms with Crippen LogP contribution in [0.25, 0.3) is 0 Å². The van der Waals surface area contributed by atoms with Crippen LogP contribution in [0.3, 0.4) is 0 Å². The zero-order valence-electron chi connectivity index (χ0n) is 15.6. The molecule has 2 rings (SSSR count). The van der Waals surface area contributed by atoms with Gasteiger partial charge in [-0.2, -0.15) is 13.2 Å². The predicted octanol–water partition coefficient (Wildman–Crippen LogP) is 3.77. The number of halogens is 3. The Kier molecular flexibility index (Phi) is 7.80. The summed E-state index contributed by atoms with van der Waals surface area (Å²) in [5, 5.41) is 10.1. The van der Waals surface area contributed by atoms with E-state index in [9.17, 15) is 18.0 Å². The summed E-state index contributed by atoms with van der Waals surface area (Å²) in [6, 6.07) is 7.38. The van der Waals surface area contributed by atoms with Crippen molar-refractivity contribution >= 4 is 28.9 Å². The molecule has 0 aliphatic carbocycles. The molecule has 0 saturated carbocycles. The second-order valence-corrected chi connectivity index (χ2v) is 6.84. The molecule has 0 unspecified atom stereocenters. The number of aliphatic imine (C=N–C) groups is 1. The molecule has 3 N–H and O–H groups in total. The Morgan fingerprint density at radius 3 is 2.43 bits per heavy atom. The number of guanidine groups is 1. The van der Waals surface area contributed by atoms with Crippen LogP contribution in [0.5, 0.6) is 0 Å². The van der Waals surface area contributed by atoms with Crippen molar-refractivity contribution < 1.29 is 18.0 Å². The lowest BCUT2D eigenvalue weighted by Crippen LogP contribution is -2.36. The van der Waals surface area contributed by atoms with E-state index >= 15 is 0 Å². The topological polar surface area (TPSA) is 78.4 Å². The van der Waals surface area contributed by atoms with Crippen LogP contribution in [0.1, 0.15) is 36.0 Å². The standard InChI is InChI=1S/C18H22F3N5OS/c1-3-4-15(27)25-13-7-5-12(6-8-13)9-23-17(22-2)24-10-16-26-14(11-28-16)18(19,20)21/h5-8,11H,3-4,9-10H2,1-2H3,(H,25,27)(H2,22,23,24). The van der Waals surface area contributed by atoms with E-state index in [0.29, 0.717) is 23.9 Å². The SMILES string of the molecule is CCCC(=O)Nc1ccc(CNC(=NC)NCc2nc(C(F)(F)F)cs2)cc1. The highest BCUT2D eigenvalue weighted by Gasteiger charge is 2.33. The van der Waals surface area contributed by atoms with Crippen molar-refractivity contribution in [2.24, 2.45) is 4.99 Å². The second-order valence-electron chi connectivity index (χ2n) is 5.90. The molecule has 0 spiro atoms. The molecule has 28 heavy (non-hydrogen) atoms. The van der Waals surface area contributed by atoms with Gasteiger partial charge in [-0.25, -0.2) is 4.98 Å². The molecule has 0 saturated heterocycles. The highest BCUT2D eigenvalue weighted by molar-refractivity contribution is 7.09. The van der Waals surface area contributed by atoms with Crippen LogP contribution in [0, 0.1) is 0 Å². The van der Waals surface area contributed by atoms with E-state index in [1.807, 2.05) is 31.2 Å². The molecule has 6 nitrogen and oxygen atoms in total. The summed E-state index contributed by atoms with van der Waals surface area (Å²) in [6.07, 6.45) is -3.16. The Bertz CT molecular complexity index is 802. The number of aromatic nitrogens is 1. The molecular weight excluding hydrogens is 391 g/mol. The average Bonchev–Trinajstić information content (AvgIpc) is 3.13. The van der Waals surface area contributed by atoms with Crippen molar-refractivity contribution in [3.63, 3.8) is 0 Å². The average molecular weight is 413 g/mol. The molecule has 2 aromatic rings. The lowest BCUT2D eigenvalue weighted by molar-refractivity contribution is -0.140. The van der Waals surface area contributed by atoms with Crippen LogP contribution in [0.2, 0.25) is 0 Å². The lowest BCUT2D eigenvalue weighted by atomic mass is 10.2. The van der Waals surface area contributed by atoms with E-state index in [1.165, 1.54) is 0 Å². The summed E-state index contributed by atoms with van der Waals surface area (Å²) in [5.74, 6) is 0.429. The van der Waals surface area contributed by atoms with Gasteiger partial charge in [0.2, 0.25) is 5.91 Å². The molecular formula is C18H22F3N5OS. The van der Waals surface area contributed by atoms with Gasteiger partial charge >= 0.3 is 6.18 Å². The van der Waals surface area contributed by atoms with E-state index in [1.54, 1.807) is 7.05 Å². The highest BCUT2D eigenvalue weighted by atomic mass is 32.1. The van der Waals surface area contributed by atoms with Crippen molar-refractivity contribution in [3.05, 3.63) is 45.9 Å². The number of hydrogen-bond acceptors (Lipinski definition) is 4. The molecule has 0 radical (unpaired) electrons. The van der Waals surface area contributed by atoms with Crippen molar-refractivity contribution in [2.75, 3.05) is 12.4 Å². The molecule has 1 amide bonds. The first-order valence-corrected chi connectivity index (χ1v) is 9.54. The molecule has 152 valence electrons. The summed E-state index contributed by atoms with van der Waals surface area (Å²) in [7, 11) is 1.57. The Morgan fingerprint density at radius 1 is 1.18 bits per heavy atom. The fourth-order valence-corrected chi connectivity index (χ4v) is 2.99. The minimum absolute atomic E-state index is 0.0196. The van der Waals surface area contributed by atoms with Gasteiger partial charge in [-0.15, -0.1) is 11.3 Å². The third-order valence-corrected chi connectivity index (χ3v) is 4.50. The van der Waals surface area contributed by atoms with Crippen molar-refractivity contribution in [2.45, 2.75) is 39.0 Å². The third kappa shape index (κ3) is 6.84. The first-order valence-electron chi connectivity index (χ1n) is 8.66. The monoisotopic (exact) mass is 413 g/mol. The van der Waals surface area contributed by atoms with E-state index in [2.05, 4.69) is 25.9 Å². The van der Waals surface area contributed by atoms with Crippen molar-refractivity contribution in [1.29, 1.82) is 0 Å². The van der Waals surface area contributed by atoms with Crippen molar-refractivity contribution in [3.8, 4) is 0 Å². The maximum absolute atomic E-state index is 12.6. The molecule has 0 aliphatic heterocycles. The van der Waals surface area contributed by atoms with E-state index in [4.69, 9.17) is 0 Å². The number of alkyl halides is 3. The Labute approximate surface area is 165 Å². The Hall–Kier alpha value is -2.62. The van der Waals surface area contributed by atoms with Gasteiger partial charge in [0.1, 0.15) is 5.01 Å². The first kappa shape index (κ1) is 21.7. The minimum Gasteiger partial charge on any atom is -0.352 e. The normalized spacial score (nSPS) is 12.0. The number of thiazole rings is 1. The van der Waals surface area contributed by atoms with Gasteiger partial charge < -0.3 is 16.0 Å². The number of hydrogen-bond donors (Lipinski definition) is 3. The fourth-order valence-electron chi connectivity index (χ4n) is 2.24. The van der Waals surface area contributed by atoms with Gasteiger partial charge in [0.05, 0.1) is 6.54 Å². The summed E-state index contributed by atoms with van der Waals surface area (Å²) >= 11 is 0.942. The second kappa shape index (κ2) is 10.1. The smallest absolute Gasteiger partial charge is 0.352 e. The number of carbonyl (C=O) groups is 1. The number of rotatable bonds is 7. The molecule has 10 heteroatoms. The summed E-state index contributed by atoms with van der Waals surface area (Å²) in [5.41, 5.74) is 0.808. The van der Waals surface area contributed by atoms with Crippen LogP contribution < -0.4 is 16.0 Å². The van der Waals surface area contributed by atoms with E-state index in [-0.39, 0.29) is 12.5 Å². The number of anilines is 1. The van der Waals surface area contributed by atoms with Gasteiger partial charge in [-0.3, -0.25) is 9.79 Å². The first-order chi connectivity index (χ1) is 13.3. The van der Waals surface area contributed by atoms with Crippen molar-refractivity contribution in [1.82, 2.24) is 15.6 Å². The lowest BCUT2D eigenvalue weighted by Gasteiger charge is -2.11. The maximum atomic E-state index is 12.6. The summed E-state index contributed by atoms with van der Waals surface area (Å²) in [4.78, 5) is 19.2. The minimum atomic E-state index is -4.43. The van der Waals surface area contributed by atoms with Gasteiger partial charge in [-0.05, 0) is 24.1 Å². The fraction of sp³-hybridized carbons (Fsp3) is 0.389. The maximum Gasteiger partial charge on any atom is 0.434 e. The summed E-state index contributed by atoms with van der Waals surface area (Å²) in [6.45, 7) is 2.55. The zero-order valence-corrected chi connectivity index (χ0v) is 16.4. The molecule has 1 aromatic carbocycles. The van der Waals surface area contributed by atoms with Crippen LogP contribution >= 0.6 is 11.3 Å². The van der Waals surface area contributed by atoms with E-state index in [0.717, 1.165) is 34.4 Å². The highest BCUT2D eigenvalue weighted by Crippen LogP contribution is 2.29. The predicted molar refractivity (Wildman–Crippen MR) is 104 cm³/mol. The van der Waals surface area contributed by atoms with Crippen LogP contribution in [0.4, 0.5) is 18.9 Å². The third-order valence-electron chi connectivity index (χ3n) is 3.65. The Balaban J connectivity index is 1.82. The Morgan fingerprint density at radius 2 is 1.86 bits per heavy atom. The number of amides is 1. The molecule has 0 fully saturated rings. The number of carbonyl (C=O) groups excluding carboxylic acids is 1. The number of nitrogens with one attached hydrogen (secondary N) is 3. The van der Waals surface area contributed by atoms with Gasteiger partial charge in [-0.1, -0.05) is 19.1 Å². The van der Waals surface area contributed by atoms with Crippen LogP contribution in [-0.2, 0) is 24.1 Å². The van der Waals surface area contributed by atoms with Gasteiger partial charge in [0.25, 0.3) is 0 Å². The van der Waals surface area contributed by atoms with Crippen LogP contribution in [-0.4, -0.2) is 23.9 Å². The largest absolute Gasteiger partial charge is 0.434 e. The quantitative estimate of drug-likeness (QED) is 0.477. The molecule has 0 atom stereocenters. The molecule has 1 aromatic heterocycles.